The average Bonchev–Trinajstić information content (AvgIpc) is 2.07. The number of fused-ring (bicyclic) bond motifs is 1. The molecular weight excluding hydrogens is 148 g/mol. The minimum atomic E-state index is 0.710. The zero-order valence-corrected chi connectivity index (χ0v) is 7.39. The normalized spacial score (nSPS) is 14.7. The molecule has 1 heterocycles. The highest BCUT2D eigenvalue weighted by atomic mass is 15.0. The Morgan fingerprint density at radius 3 is 3.00 bits per heavy atom. The first-order chi connectivity index (χ1) is 5.77. The second-order valence-corrected chi connectivity index (χ2v) is 3.13. The van der Waals surface area contributed by atoms with Gasteiger partial charge in [-0.15, -0.1) is 0 Å². The second-order valence-electron chi connectivity index (χ2n) is 3.13. The van der Waals surface area contributed by atoms with Crippen LogP contribution in [0.25, 0.3) is 0 Å². The fourth-order valence-corrected chi connectivity index (χ4v) is 1.44. The van der Waals surface area contributed by atoms with E-state index in [9.17, 15) is 0 Å². The molecule has 0 aromatic heterocycles. The minimum absolute atomic E-state index is 0.710. The van der Waals surface area contributed by atoms with Crippen LogP contribution in [0.4, 0.5) is 5.69 Å². The van der Waals surface area contributed by atoms with Crippen molar-refractivity contribution in [3.63, 3.8) is 0 Å². The smallest absolute Gasteiger partial charge is 0.108 e. The van der Waals surface area contributed by atoms with Gasteiger partial charge in [0.2, 0.25) is 0 Å². The zero-order valence-electron chi connectivity index (χ0n) is 7.39. The van der Waals surface area contributed by atoms with Gasteiger partial charge in [-0.05, 0) is 26.0 Å². The van der Waals surface area contributed by atoms with Crippen LogP contribution in [0.5, 0.6) is 0 Å². The molecule has 1 aromatic carbocycles. The van der Waals surface area contributed by atoms with Crippen molar-refractivity contribution in [2.24, 2.45) is 4.99 Å². The first-order valence-electron chi connectivity index (χ1n) is 4.13. The summed E-state index contributed by atoms with van der Waals surface area (Å²) in [5.74, 6) is 0. The summed E-state index contributed by atoms with van der Waals surface area (Å²) in [4.78, 5) is 4.32. The molecule has 0 amide bonds. The summed E-state index contributed by atoms with van der Waals surface area (Å²) in [5, 5.41) is 3.23. The van der Waals surface area contributed by atoms with E-state index in [2.05, 4.69) is 42.4 Å². The van der Waals surface area contributed by atoms with E-state index in [1.165, 1.54) is 16.8 Å². The van der Waals surface area contributed by atoms with Crippen LogP contribution < -0.4 is 5.32 Å². The van der Waals surface area contributed by atoms with E-state index in [-0.39, 0.29) is 0 Å². The molecule has 0 unspecified atom stereocenters. The van der Waals surface area contributed by atoms with Gasteiger partial charge in [0.25, 0.3) is 0 Å². The monoisotopic (exact) mass is 160 g/mol. The SMILES string of the molecule is CC1=NCNc2ccc(C)cc21. The number of hydrogen-bond acceptors (Lipinski definition) is 2. The van der Waals surface area contributed by atoms with Gasteiger partial charge >= 0.3 is 0 Å². The molecule has 0 atom stereocenters. The van der Waals surface area contributed by atoms with Gasteiger partial charge in [0, 0.05) is 17.0 Å². The fraction of sp³-hybridized carbons (Fsp3) is 0.300. The molecule has 2 rings (SSSR count). The molecule has 0 spiro atoms. The minimum Gasteiger partial charge on any atom is -0.366 e. The summed E-state index contributed by atoms with van der Waals surface area (Å²) in [6.45, 7) is 4.86. The van der Waals surface area contributed by atoms with Gasteiger partial charge in [0.15, 0.2) is 0 Å². The lowest BCUT2D eigenvalue weighted by Gasteiger charge is -2.16. The third-order valence-electron chi connectivity index (χ3n) is 2.15. The molecule has 0 aliphatic carbocycles. The highest BCUT2D eigenvalue weighted by Gasteiger charge is 2.08. The van der Waals surface area contributed by atoms with E-state index < -0.39 is 0 Å². The molecule has 1 aromatic rings. The molecule has 0 bridgehead atoms. The molecule has 2 nitrogen and oxygen atoms in total. The van der Waals surface area contributed by atoms with Crippen molar-refractivity contribution in [2.45, 2.75) is 13.8 Å². The molecule has 12 heavy (non-hydrogen) atoms. The lowest BCUT2D eigenvalue weighted by Crippen LogP contribution is -2.12. The molecule has 0 fully saturated rings. The van der Waals surface area contributed by atoms with E-state index >= 15 is 0 Å². The fourth-order valence-electron chi connectivity index (χ4n) is 1.44. The van der Waals surface area contributed by atoms with Crippen LogP contribution in [-0.2, 0) is 0 Å². The predicted molar refractivity (Wildman–Crippen MR) is 51.9 cm³/mol. The van der Waals surface area contributed by atoms with Gasteiger partial charge < -0.3 is 5.32 Å². The van der Waals surface area contributed by atoms with E-state index in [1.54, 1.807) is 0 Å². The summed E-state index contributed by atoms with van der Waals surface area (Å²) in [6, 6.07) is 6.40. The van der Waals surface area contributed by atoms with Crippen LogP contribution in [0.2, 0.25) is 0 Å². The maximum absolute atomic E-state index is 4.32. The first-order valence-corrected chi connectivity index (χ1v) is 4.13. The Kier molecular flexibility index (Phi) is 1.61. The Labute approximate surface area is 72.3 Å². The zero-order chi connectivity index (χ0) is 8.55. The van der Waals surface area contributed by atoms with E-state index in [0.29, 0.717) is 6.67 Å². The van der Waals surface area contributed by atoms with Gasteiger partial charge in [0.05, 0.1) is 0 Å². The van der Waals surface area contributed by atoms with Crippen molar-refractivity contribution in [3.05, 3.63) is 29.3 Å². The highest BCUT2D eigenvalue weighted by Crippen LogP contribution is 2.20. The molecular formula is C10H12N2. The van der Waals surface area contributed by atoms with Crippen molar-refractivity contribution in [1.82, 2.24) is 0 Å². The molecule has 0 radical (unpaired) electrons. The van der Waals surface area contributed by atoms with Crippen molar-refractivity contribution >= 4 is 11.4 Å². The Morgan fingerprint density at radius 1 is 1.33 bits per heavy atom. The molecule has 2 heteroatoms. The lowest BCUT2D eigenvalue weighted by atomic mass is 10.0. The van der Waals surface area contributed by atoms with Crippen molar-refractivity contribution < 1.29 is 0 Å². The van der Waals surface area contributed by atoms with E-state index in [0.717, 1.165) is 5.71 Å². The van der Waals surface area contributed by atoms with Gasteiger partial charge in [0.1, 0.15) is 6.67 Å². The lowest BCUT2D eigenvalue weighted by molar-refractivity contribution is 1.11. The summed E-state index contributed by atoms with van der Waals surface area (Å²) in [6.07, 6.45) is 0. The van der Waals surface area contributed by atoms with Crippen molar-refractivity contribution in [3.8, 4) is 0 Å². The van der Waals surface area contributed by atoms with Gasteiger partial charge in [-0.1, -0.05) is 11.6 Å². The second kappa shape index (κ2) is 2.63. The molecule has 0 saturated heterocycles. The summed E-state index contributed by atoms with van der Waals surface area (Å²) in [7, 11) is 0. The number of aryl methyl sites for hydroxylation is 1. The number of hydrogen-bond donors (Lipinski definition) is 1. The van der Waals surface area contributed by atoms with Crippen LogP contribution in [-0.4, -0.2) is 12.4 Å². The van der Waals surface area contributed by atoms with E-state index in [1.807, 2.05) is 0 Å². The Balaban J connectivity index is 2.58. The van der Waals surface area contributed by atoms with Crippen molar-refractivity contribution in [1.29, 1.82) is 0 Å². The summed E-state index contributed by atoms with van der Waals surface area (Å²) in [5.41, 5.74) is 4.86. The van der Waals surface area contributed by atoms with Gasteiger partial charge in [-0.25, -0.2) is 0 Å². The number of aliphatic imine (C=N–C) groups is 1. The van der Waals surface area contributed by atoms with Crippen LogP contribution in [0.1, 0.15) is 18.1 Å². The number of nitrogens with one attached hydrogen (secondary N) is 1. The third kappa shape index (κ3) is 1.09. The molecule has 1 N–H and O–H groups in total. The molecule has 1 aliphatic rings. The summed E-state index contributed by atoms with van der Waals surface area (Å²) < 4.78 is 0. The quantitative estimate of drug-likeness (QED) is 0.618. The maximum atomic E-state index is 4.32. The van der Waals surface area contributed by atoms with Crippen LogP contribution in [0.3, 0.4) is 0 Å². The van der Waals surface area contributed by atoms with Crippen molar-refractivity contribution in [2.75, 3.05) is 12.0 Å². The van der Waals surface area contributed by atoms with Crippen LogP contribution in [0, 0.1) is 6.92 Å². The molecule has 0 saturated carbocycles. The van der Waals surface area contributed by atoms with Crippen LogP contribution in [0.15, 0.2) is 23.2 Å². The van der Waals surface area contributed by atoms with Gasteiger partial charge in [-0.3, -0.25) is 4.99 Å². The predicted octanol–water partition coefficient (Wildman–Crippen LogP) is 2.19. The van der Waals surface area contributed by atoms with E-state index in [4.69, 9.17) is 0 Å². The highest BCUT2D eigenvalue weighted by molar-refractivity contribution is 6.04. The Hall–Kier alpha value is -1.31. The van der Waals surface area contributed by atoms with Crippen LogP contribution >= 0.6 is 0 Å². The maximum Gasteiger partial charge on any atom is 0.108 e. The topological polar surface area (TPSA) is 24.4 Å². The largest absolute Gasteiger partial charge is 0.366 e. The first kappa shape index (κ1) is 7.35. The average molecular weight is 160 g/mol. The third-order valence-corrected chi connectivity index (χ3v) is 2.15. The van der Waals surface area contributed by atoms with Gasteiger partial charge in [-0.2, -0.15) is 0 Å². The molecule has 1 aliphatic heterocycles. The Morgan fingerprint density at radius 2 is 2.17 bits per heavy atom. The number of benzene rings is 1. The number of anilines is 1. The summed E-state index contributed by atoms with van der Waals surface area (Å²) >= 11 is 0. The number of rotatable bonds is 0. The molecule has 62 valence electrons. The standard InChI is InChI=1S/C10H12N2/c1-7-3-4-10-9(5-7)8(2)11-6-12-10/h3-5,12H,6H2,1-2H3. The number of nitrogens with zero attached hydrogens (tertiary/aromatic N) is 1. The Bertz CT molecular complexity index is 340.